The van der Waals surface area contributed by atoms with E-state index < -0.39 is 0 Å². The standard InChI is InChI=1S/C15H13N3O/c1-3-7-12(8-4-1)15-16-11-14(17-18-15)19-13-9-5-2-6-10-13/h1-10H,11H2,(H,16,18). The summed E-state index contributed by atoms with van der Waals surface area (Å²) in [4.78, 5) is 4.43. The van der Waals surface area contributed by atoms with Crippen LogP contribution < -0.4 is 10.2 Å². The maximum Gasteiger partial charge on any atom is 0.233 e. The topological polar surface area (TPSA) is 46.0 Å². The van der Waals surface area contributed by atoms with Gasteiger partial charge in [-0.1, -0.05) is 48.5 Å². The molecule has 0 bridgehead atoms. The minimum atomic E-state index is 0.437. The number of benzene rings is 2. The molecular formula is C15H13N3O. The molecule has 1 aliphatic heterocycles. The van der Waals surface area contributed by atoms with Crippen molar-refractivity contribution in [3.63, 3.8) is 0 Å². The molecule has 2 aromatic rings. The second-order valence-corrected chi connectivity index (χ2v) is 4.06. The van der Waals surface area contributed by atoms with Gasteiger partial charge in [-0.3, -0.25) is 10.4 Å². The summed E-state index contributed by atoms with van der Waals surface area (Å²) < 4.78 is 5.62. The van der Waals surface area contributed by atoms with Crippen LogP contribution in [0.4, 0.5) is 0 Å². The molecule has 0 saturated heterocycles. The lowest BCUT2D eigenvalue weighted by atomic mass is 10.2. The lowest BCUT2D eigenvalue weighted by Gasteiger charge is -2.14. The second-order valence-electron chi connectivity index (χ2n) is 4.06. The molecule has 4 heteroatoms. The molecule has 0 aromatic heterocycles. The molecule has 0 amide bonds. The van der Waals surface area contributed by atoms with Crippen molar-refractivity contribution >= 4 is 11.7 Å². The van der Waals surface area contributed by atoms with E-state index in [-0.39, 0.29) is 0 Å². The van der Waals surface area contributed by atoms with E-state index in [1.54, 1.807) is 0 Å². The van der Waals surface area contributed by atoms with Crippen molar-refractivity contribution in [1.82, 2.24) is 5.43 Å². The van der Waals surface area contributed by atoms with Crippen LogP contribution >= 0.6 is 0 Å². The van der Waals surface area contributed by atoms with E-state index in [1.807, 2.05) is 60.7 Å². The van der Waals surface area contributed by atoms with Crippen LogP contribution in [-0.2, 0) is 0 Å². The summed E-state index contributed by atoms with van der Waals surface area (Å²) in [7, 11) is 0. The third-order valence-corrected chi connectivity index (χ3v) is 2.69. The van der Waals surface area contributed by atoms with E-state index in [0.717, 1.165) is 17.1 Å². The van der Waals surface area contributed by atoms with Crippen LogP contribution in [0.1, 0.15) is 5.56 Å². The van der Waals surface area contributed by atoms with E-state index in [4.69, 9.17) is 4.74 Å². The number of aliphatic imine (C=N–C) groups is 1. The Bertz CT molecular complexity index is 606. The van der Waals surface area contributed by atoms with Crippen molar-refractivity contribution in [2.45, 2.75) is 0 Å². The summed E-state index contributed by atoms with van der Waals surface area (Å²) in [6.45, 7) is 0.437. The highest BCUT2D eigenvalue weighted by atomic mass is 16.5. The van der Waals surface area contributed by atoms with E-state index in [2.05, 4.69) is 15.5 Å². The van der Waals surface area contributed by atoms with Crippen LogP contribution in [0.2, 0.25) is 0 Å². The van der Waals surface area contributed by atoms with Crippen LogP contribution in [0.5, 0.6) is 5.75 Å². The molecule has 0 saturated carbocycles. The third-order valence-electron chi connectivity index (χ3n) is 2.69. The summed E-state index contributed by atoms with van der Waals surface area (Å²) in [5.74, 6) is 2.09. The molecule has 1 N–H and O–H groups in total. The van der Waals surface area contributed by atoms with Crippen LogP contribution in [0.3, 0.4) is 0 Å². The van der Waals surface area contributed by atoms with Gasteiger partial charge < -0.3 is 4.74 Å². The number of nitrogens with zero attached hydrogens (tertiary/aromatic N) is 2. The number of para-hydroxylation sites is 1. The first kappa shape index (κ1) is 11.5. The fourth-order valence-corrected chi connectivity index (χ4v) is 1.76. The molecule has 0 unspecified atom stereocenters. The molecule has 94 valence electrons. The lowest BCUT2D eigenvalue weighted by Crippen LogP contribution is -2.30. The molecule has 1 heterocycles. The number of hydrogen-bond acceptors (Lipinski definition) is 4. The zero-order valence-corrected chi connectivity index (χ0v) is 10.3. The smallest absolute Gasteiger partial charge is 0.233 e. The highest BCUT2D eigenvalue weighted by Crippen LogP contribution is 2.10. The average Bonchev–Trinajstić information content (AvgIpc) is 2.50. The minimum Gasteiger partial charge on any atom is -0.439 e. The Kier molecular flexibility index (Phi) is 3.23. The van der Waals surface area contributed by atoms with E-state index in [9.17, 15) is 0 Å². The van der Waals surface area contributed by atoms with Crippen molar-refractivity contribution in [3.05, 3.63) is 66.2 Å². The van der Waals surface area contributed by atoms with Gasteiger partial charge in [0.05, 0.1) is 0 Å². The fourth-order valence-electron chi connectivity index (χ4n) is 1.76. The number of hydrogen-bond donors (Lipinski definition) is 1. The average molecular weight is 251 g/mol. The van der Waals surface area contributed by atoms with Crippen LogP contribution in [-0.4, -0.2) is 18.3 Å². The highest BCUT2D eigenvalue weighted by Gasteiger charge is 2.10. The van der Waals surface area contributed by atoms with Crippen molar-refractivity contribution in [3.8, 4) is 5.75 Å². The van der Waals surface area contributed by atoms with Gasteiger partial charge >= 0.3 is 0 Å². The van der Waals surface area contributed by atoms with Crippen molar-refractivity contribution in [2.24, 2.45) is 10.1 Å². The first-order valence-electron chi connectivity index (χ1n) is 6.07. The molecule has 0 aliphatic carbocycles. The fraction of sp³-hybridized carbons (Fsp3) is 0.0667. The second kappa shape index (κ2) is 5.35. The van der Waals surface area contributed by atoms with Gasteiger partial charge in [-0.25, -0.2) is 0 Å². The van der Waals surface area contributed by atoms with Crippen molar-refractivity contribution < 1.29 is 4.74 Å². The molecule has 0 fully saturated rings. The quantitative estimate of drug-likeness (QED) is 0.891. The number of amidine groups is 1. The van der Waals surface area contributed by atoms with Crippen molar-refractivity contribution in [2.75, 3.05) is 6.54 Å². The molecule has 0 spiro atoms. The molecule has 3 rings (SSSR count). The predicted octanol–water partition coefficient (Wildman–Crippen LogP) is 2.43. The molecule has 1 aliphatic rings. The lowest BCUT2D eigenvalue weighted by molar-refractivity contribution is 0.530. The van der Waals surface area contributed by atoms with Gasteiger partial charge in [0.2, 0.25) is 5.90 Å². The van der Waals surface area contributed by atoms with Gasteiger partial charge in [-0.15, -0.1) is 5.10 Å². The predicted molar refractivity (Wildman–Crippen MR) is 75.5 cm³/mol. The number of ether oxygens (including phenoxy) is 1. The Morgan fingerprint density at radius 3 is 2.21 bits per heavy atom. The molecule has 2 aromatic carbocycles. The number of hydrazone groups is 1. The monoisotopic (exact) mass is 251 g/mol. The zero-order chi connectivity index (χ0) is 12.9. The maximum atomic E-state index is 5.62. The van der Waals surface area contributed by atoms with Gasteiger partial charge in [0.25, 0.3) is 0 Å². The summed E-state index contributed by atoms with van der Waals surface area (Å²) in [5, 5.41) is 4.20. The summed E-state index contributed by atoms with van der Waals surface area (Å²) in [6.07, 6.45) is 0. The Labute approximate surface area is 111 Å². The molecular weight excluding hydrogens is 238 g/mol. The largest absolute Gasteiger partial charge is 0.439 e. The normalized spacial score (nSPS) is 14.1. The Hall–Kier alpha value is -2.62. The molecule has 0 atom stereocenters. The highest BCUT2D eigenvalue weighted by molar-refractivity contribution is 6.02. The first-order valence-corrected chi connectivity index (χ1v) is 6.07. The van der Waals surface area contributed by atoms with Gasteiger partial charge in [0.1, 0.15) is 18.1 Å². The third kappa shape index (κ3) is 2.80. The SMILES string of the molecule is c1ccc(OC2=NNC(c3ccccc3)=NC2)cc1. The molecule has 0 radical (unpaired) electrons. The Morgan fingerprint density at radius 2 is 1.58 bits per heavy atom. The van der Waals surface area contributed by atoms with Crippen molar-refractivity contribution in [1.29, 1.82) is 0 Å². The van der Waals surface area contributed by atoms with Crippen LogP contribution in [0, 0.1) is 0 Å². The summed E-state index contributed by atoms with van der Waals surface area (Å²) in [5.41, 5.74) is 3.94. The van der Waals surface area contributed by atoms with Gasteiger partial charge in [-0.2, -0.15) is 0 Å². The van der Waals surface area contributed by atoms with Crippen LogP contribution in [0.25, 0.3) is 0 Å². The zero-order valence-electron chi connectivity index (χ0n) is 10.3. The first-order chi connectivity index (χ1) is 9.42. The molecule has 4 nitrogen and oxygen atoms in total. The van der Waals surface area contributed by atoms with E-state index in [0.29, 0.717) is 12.4 Å². The summed E-state index contributed by atoms with van der Waals surface area (Å²) in [6, 6.07) is 19.5. The number of rotatable bonds is 2. The Balaban J connectivity index is 1.67. The van der Waals surface area contributed by atoms with Gasteiger partial charge in [0, 0.05) is 5.56 Å². The molecule has 19 heavy (non-hydrogen) atoms. The minimum absolute atomic E-state index is 0.437. The van der Waals surface area contributed by atoms with Gasteiger partial charge in [0.15, 0.2) is 0 Å². The van der Waals surface area contributed by atoms with E-state index in [1.165, 1.54) is 0 Å². The Morgan fingerprint density at radius 1 is 0.895 bits per heavy atom. The number of nitrogens with one attached hydrogen (secondary N) is 1. The van der Waals surface area contributed by atoms with Crippen LogP contribution in [0.15, 0.2) is 70.8 Å². The summed E-state index contributed by atoms with van der Waals surface area (Å²) >= 11 is 0. The van der Waals surface area contributed by atoms with Gasteiger partial charge in [-0.05, 0) is 12.1 Å². The maximum absolute atomic E-state index is 5.62. The van der Waals surface area contributed by atoms with E-state index >= 15 is 0 Å².